The molecule has 2 saturated carbocycles. The lowest BCUT2D eigenvalue weighted by Gasteiger charge is -2.49. The Kier molecular flexibility index (Phi) is 10.6. The minimum absolute atomic E-state index is 0.0544. The minimum Gasteiger partial charge on any atom is -0.394 e. The van der Waals surface area contributed by atoms with Crippen LogP contribution in [0.1, 0.15) is 32.1 Å². The standard InChI is InChI=1S/C26H49N7O10/c27-6-12-1-2-14(32-11-7-31-8-11)23(40-12)42-21-13(29)3-15(33-25(38)26(39)4-10(28)5-26)22(20(21)37)43-24-19(36)17(30)18(35)16(9-34)41-24/h10-24,31-32,34-37,39H,1-9,27-30H2,(H,33,38)/t10?,12-,13-,14+,15+,16+,17-,18+,19+,20-,21?,22-,23+,24+,26?/m0/s1. The van der Waals surface area contributed by atoms with E-state index in [1.54, 1.807) is 0 Å². The van der Waals surface area contributed by atoms with E-state index in [0.717, 1.165) is 25.9 Å². The van der Waals surface area contributed by atoms with Gasteiger partial charge < -0.3 is 83.4 Å². The monoisotopic (exact) mass is 619 g/mol. The van der Waals surface area contributed by atoms with Crippen LogP contribution >= 0.6 is 0 Å². The van der Waals surface area contributed by atoms with Gasteiger partial charge in [0.15, 0.2) is 12.6 Å². The molecule has 0 bridgehead atoms. The van der Waals surface area contributed by atoms with Crippen molar-refractivity contribution in [2.45, 2.75) is 129 Å². The Hall–Kier alpha value is -1.13. The van der Waals surface area contributed by atoms with Crippen LogP contribution in [0.3, 0.4) is 0 Å². The first-order valence-electron chi connectivity index (χ1n) is 15.2. The Morgan fingerprint density at radius 1 is 0.953 bits per heavy atom. The fraction of sp³-hybridized carbons (Fsp3) is 0.962. The van der Waals surface area contributed by atoms with Crippen LogP contribution in [0.15, 0.2) is 0 Å². The maximum absolute atomic E-state index is 13.1. The van der Waals surface area contributed by atoms with E-state index in [2.05, 4.69) is 16.0 Å². The van der Waals surface area contributed by atoms with E-state index in [4.69, 9.17) is 41.9 Å². The van der Waals surface area contributed by atoms with Gasteiger partial charge in [0.1, 0.15) is 42.2 Å². The first kappa shape index (κ1) is 33.2. The molecule has 0 spiro atoms. The molecule has 5 fully saturated rings. The number of aliphatic hydroxyl groups is 5. The summed E-state index contributed by atoms with van der Waals surface area (Å²) in [5, 5.41) is 62.6. The quantitative estimate of drug-likeness (QED) is 0.108. The lowest BCUT2D eigenvalue weighted by atomic mass is 9.75. The smallest absolute Gasteiger partial charge is 0.252 e. The van der Waals surface area contributed by atoms with Crippen molar-refractivity contribution >= 4 is 5.91 Å². The summed E-state index contributed by atoms with van der Waals surface area (Å²) in [6.45, 7) is 1.29. The first-order valence-corrected chi connectivity index (χ1v) is 15.2. The number of carbonyl (C=O) groups is 1. The fourth-order valence-corrected chi connectivity index (χ4v) is 6.60. The van der Waals surface area contributed by atoms with Crippen LogP contribution in [0.5, 0.6) is 0 Å². The second-order valence-corrected chi connectivity index (χ2v) is 12.7. The van der Waals surface area contributed by atoms with Crippen molar-refractivity contribution < 1.29 is 49.3 Å². The lowest BCUT2D eigenvalue weighted by Crippen LogP contribution is -2.70. The third kappa shape index (κ3) is 7.01. The van der Waals surface area contributed by atoms with Gasteiger partial charge in [0, 0.05) is 50.6 Å². The van der Waals surface area contributed by atoms with Crippen molar-refractivity contribution in [2.24, 2.45) is 22.9 Å². The number of carbonyl (C=O) groups excluding carboxylic acids is 1. The number of aliphatic hydroxyl groups excluding tert-OH is 4. The number of nitrogens with two attached hydrogens (primary N) is 4. The summed E-state index contributed by atoms with van der Waals surface area (Å²) in [5.41, 5.74) is 22.5. The van der Waals surface area contributed by atoms with Gasteiger partial charge in [-0.1, -0.05) is 0 Å². The van der Waals surface area contributed by atoms with Crippen molar-refractivity contribution in [1.29, 1.82) is 0 Å². The summed E-state index contributed by atoms with van der Waals surface area (Å²) in [6, 6.07) is -3.27. The van der Waals surface area contributed by atoms with Crippen molar-refractivity contribution in [3.63, 3.8) is 0 Å². The van der Waals surface area contributed by atoms with Gasteiger partial charge >= 0.3 is 0 Å². The number of amides is 1. The highest BCUT2D eigenvalue weighted by Crippen LogP contribution is 2.34. The molecule has 43 heavy (non-hydrogen) atoms. The van der Waals surface area contributed by atoms with E-state index in [0.29, 0.717) is 0 Å². The summed E-state index contributed by atoms with van der Waals surface area (Å²) >= 11 is 0. The summed E-state index contributed by atoms with van der Waals surface area (Å²) in [7, 11) is 0. The number of nitrogens with one attached hydrogen (secondary N) is 3. The van der Waals surface area contributed by atoms with E-state index in [-0.39, 0.29) is 50.0 Å². The van der Waals surface area contributed by atoms with Gasteiger partial charge in [0.2, 0.25) is 0 Å². The lowest BCUT2D eigenvalue weighted by molar-refractivity contribution is -0.314. The summed E-state index contributed by atoms with van der Waals surface area (Å²) in [5.74, 6) is -0.697. The largest absolute Gasteiger partial charge is 0.394 e. The molecule has 2 aliphatic carbocycles. The zero-order valence-electron chi connectivity index (χ0n) is 24.1. The summed E-state index contributed by atoms with van der Waals surface area (Å²) < 4.78 is 24.2. The molecule has 0 aromatic carbocycles. The van der Waals surface area contributed by atoms with E-state index in [1.165, 1.54) is 0 Å². The third-order valence-electron chi connectivity index (χ3n) is 9.43. The van der Waals surface area contributed by atoms with E-state index >= 15 is 0 Å². The molecule has 3 aliphatic heterocycles. The third-order valence-corrected chi connectivity index (χ3v) is 9.43. The number of hydrogen-bond acceptors (Lipinski definition) is 16. The van der Waals surface area contributed by atoms with Crippen LogP contribution < -0.4 is 38.9 Å². The van der Waals surface area contributed by atoms with Gasteiger partial charge in [-0.25, -0.2) is 0 Å². The Balaban J connectivity index is 1.35. The van der Waals surface area contributed by atoms with Gasteiger partial charge in [0.05, 0.1) is 30.8 Å². The van der Waals surface area contributed by atoms with E-state index in [9.17, 15) is 30.3 Å². The Morgan fingerprint density at radius 3 is 2.26 bits per heavy atom. The highest BCUT2D eigenvalue weighted by molar-refractivity contribution is 5.86. The van der Waals surface area contributed by atoms with Crippen molar-refractivity contribution in [3.05, 3.63) is 0 Å². The molecule has 0 aromatic rings. The average molecular weight is 620 g/mol. The molecule has 16 N–H and O–H groups in total. The first-order chi connectivity index (χ1) is 20.4. The Morgan fingerprint density at radius 2 is 1.65 bits per heavy atom. The molecule has 3 saturated heterocycles. The maximum Gasteiger partial charge on any atom is 0.252 e. The van der Waals surface area contributed by atoms with Crippen LogP contribution in [-0.2, 0) is 23.7 Å². The molecule has 5 rings (SSSR count). The topological polar surface area (TPSA) is 295 Å². The van der Waals surface area contributed by atoms with Crippen LogP contribution in [0, 0.1) is 0 Å². The molecule has 13 atom stereocenters. The SMILES string of the molecule is NC[C@@H]1CC[C@@H](NC2CNC2)[C@@H](OC2[C@@H](N)C[C@@H](NC(=O)C3(O)CC(N)C3)[C@H](O[C@H]3O[C@H](CO)[C@@H](O)[C@H](N)[C@H]3O)[C@H]2O)O1. The van der Waals surface area contributed by atoms with Gasteiger partial charge in [-0.2, -0.15) is 0 Å². The summed E-state index contributed by atoms with van der Waals surface area (Å²) in [6.07, 6.45) is -8.76. The molecule has 0 radical (unpaired) electrons. The van der Waals surface area contributed by atoms with Crippen molar-refractivity contribution in [1.82, 2.24) is 16.0 Å². The highest BCUT2D eigenvalue weighted by atomic mass is 16.7. The molecule has 3 heterocycles. The van der Waals surface area contributed by atoms with Crippen LogP contribution in [0.2, 0.25) is 0 Å². The van der Waals surface area contributed by atoms with Gasteiger partial charge in [-0.3, -0.25) is 4.79 Å². The number of ether oxygens (including phenoxy) is 4. The second-order valence-electron chi connectivity index (χ2n) is 12.7. The molecular formula is C26H49N7O10. The number of rotatable bonds is 10. The van der Waals surface area contributed by atoms with E-state index < -0.39 is 85.4 Å². The fourth-order valence-electron chi connectivity index (χ4n) is 6.60. The number of hydrogen-bond donors (Lipinski definition) is 12. The van der Waals surface area contributed by atoms with Crippen molar-refractivity contribution in [2.75, 3.05) is 26.2 Å². The molecule has 17 nitrogen and oxygen atoms in total. The van der Waals surface area contributed by atoms with Crippen LogP contribution in [0.4, 0.5) is 0 Å². The molecule has 5 aliphatic rings. The zero-order valence-corrected chi connectivity index (χ0v) is 24.1. The molecule has 1 unspecified atom stereocenters. The Bertz CT molecular complexity index is 944. The normalized spacial score (nSPS) is 49.1. The molecule has 17 heteroatoms. The minimum atomic E-state index is -1.68. The molecular weight excluding hydrogens is 570 g/mol. The molecule has 1 amide bonds. The zero-order chi connectivity index (χ0) is 31.1. The Labute approximate surface area is 249 Å². The van der Waals surface area contributed by atoms with Gasteiger partial charge in [0.25, 0.3) is 5.91 Å². The summed E-state index contributed by atoms with van der Waals surface area (Å²) in [4.78, 5) is 13.1. The second kappa shape index (κ2) is 13.7. The molecule has 0 aromatic heterocycles. The van der Waals surface area contributed by atoms with Gasteiger partial charge in [-0.05, 0) is 19.3 Å². The van der Waals surface area contributed by atoms with Gasteiger partial charge in [-0.15, -0.1) is 0 Å². The van der Waals surface area contributed by atoms with Crippen LogP contribution in [-0.4, -0.2) is 155 Å². The van der Waals surface area contributed by atoms with Crippen LogP contribution in [0.25, 0.3) is 0 Å². The predicted octanol–water partition coefficient (Wildman–Crippen LogP) is -6.65. The average Bonchev–Trinajstić information content (AvgIpc) is 2.94. The van der Waals surface area contributed by atoms with E-state index in [1.807, 2.05) is 0 Å². The maximum atomic E-state index is 13.1. The predicted molar refractivity (Wildman–Crippen MR) is 149 cm³/mol. The highest BCUT2D eigenvalue weighted by Gasteiger charge is 2.53. The van der Waals surface area contributed by atoms with Crippen molar-refractivity contribution in [3.8, 4) is 0 Å². The molecule has 248 valence electrons.